The van der Waals surface area contributed by atoms with Gasteiger partial charge in [0.2, 0.25) is 0 Å². The number of aromatic nitrogens is 2. The number of aliphatic hydroxyl groups is 1. The van der Waals surface area contributed by atoms with Gasteiger partial charge in [0, 0.05) is 29.3 Å². The number of amides is 1. The fraction of sp³-hybridized carbons (Fsp3) is 0.267. The number of carbonyl (C=O) groups excluding carboxylic acids is 1. The summed E-state index contributed by atoms with van der Waals surface area (Å²) in [6.45, 7) is 0.592. The first-order chi connectivity index (χ1) is 10.2. The predicted octanol–water partition coefficient (Wildman–Crippen LogP) is 1.54. The van der Waals surface area contributed by atoms with Gasteiger partial charge in [-0.05, 0) is 12.1 Å². The van der Waals surface area contributed by atoms with Crippen LogP contribution in [0.2, 0.25) is 0 Å². The highest BCUT2D eigenvalue weighted by molar-refractivity contribution is 7.10. The molecular weight excluding hydrogens is 286 g/mol. The van der Waals surface area contributed by atoms with Crippen molar-refractivity contribution in [1.82, 2.24) is 15.1 Å². The maximum atomic E-state index is 12.2. The van der Waals surface area contributed by atoms with Gasteiger partial charge in [0.05, 0.1) is 31.1 Å². The van der Waals surface area contributed by atoms with Gasteiger partial charge in [-0.3, -0.25) is 4.79 Å². The molecule has 0 unspecified atom stereocenters. The average molecular weight is 301 g/mol. The minimum absolute atomic E-state index is 0.0706. The minimum Gasteiger partial charge on any atom is -0.395 e. The largest absolute Gasteiger partial charge is 0.395 e. The lowest BCUT2D eigenvalue weighted by Gasteiger charge is -2.15. The van der Waals surface area contributed by atoms with Gasteiger partial charge in [-0.1, -0.05) is 11.8 Å². The smallest absolute Gasteiger partial charge is 0.255 e. The van der Waals surface area contributed by atoms with E-state index < -0.39 is 0 Å². The third-order valence-electron chi connectivity index (χ3n) is 2.69. The Morgan fingerprint density at radius 1 is 1.48 bits per heavy atom. The molecule has 0 aromatic carbocycles. The second kappa shape index (κ2) is 7.53. The second-order valence-electron chi connectivity index (χ2n) is 4.37. The number of hydrogen-bond acceptors (Lipinski definition) is 5. The highest BCUT2D eigenvalue weighted by Crippen LogP contribution is 2.16. The van der Waals surface area contributed by atoms with Crippen molar-refractivity contribution in [3.63, 3.8) is 0 Å². The van der Waals surface area contributed by atoms with Crippen LogP contribution in [0, 0.1) is 11.8 Å². The van der Waals surface area contributed by atoms with E-state index in [4.69, 9.17) is 5.11 Å². The molecule has 0 radical (unpaired) electrons. The van der Waals surface area contributed by atoms with Crippen molar-refractivity contribution in [2.24, 2.45) is 0 Å². The average Bonchev–Trinajstić information content (AvgIpc) is 2.95. The van der Waals surface area contributed by atoms with Crippen LogP contribution in [0.25, 0.3) is 0 Å². The summed E-state index contributed by atoms with van der Waals surface area (Å²) < 4.78 is 0. The Kier molecular flexibility index (Phi) is 5.43. The first kappa shape index (κ1) is 15.2. The Hall–Kier alpha value is -2.23. The summed E-state index contributed by atoms with van der Waals surface area (Å²) in [5.41, 5.74) is 1.43. The van der Waals surface area contributed by atoms with Crippen LogP contribution in [-0.2, 0) is 6.54 Å². The van der Waals surface area contributed by atoms with Crippen LogP contribution in [0.1, 0.15) is 27.2 Å². The van der Waals surface area contributed by atoms with Crippen molar-refractivity contribution in [3.05, 3.63) is 45.9 Å². The summed E-state index contributed by atoms with van der Waals surface area (Å²) in [5.74, 6) is 5.76. The SMILES string of the molecule is CN(Cc1cc(C#CCCO)cs1)C(=O)c1ccnnc1. The van der Waals surface area contributed by atoms with Crippen molar-refractivity contribution in [1.29, 1.82) is 0 Å². The molecule has 0 aliphatic carbocycles. The standard InChI is InChI=1S/C15H15N3O2S/c1-18(15(20)13-5-6-16-17-9-13)10-14-8-12(11-21-14)4-2-3-7-19/h5-6,8-9,11,19H,3,7,10H2,1H3. The Balaban J connectivity index is 1.99. The lowest BCUT2D eigenvalue weighted by Crippen LogP contribution is -2.25. The number of aliphatic hydroxyl groups excluding tert-OH is 1. The van der Waals surface area contributed by atoms with E-state index in [9.17, 15) is 4.79 Å². The van der Waals surface area contributed by atoms with Crippen molar-refractivity contribution < 1.29 is 9.90 Å². The molecule has 0 fully saturated rings. The van der Waals surface area contributed by atoms with Crippen LogP contribution in [0.4, 0.5) is 0 Å². The van der Waals surface area contributed by atoms with E-state index in [0.717, 1.165) is 10.4 Å². The molecule has 0 spiro atoms. The Morgan fingerprint density at radius 2 is 2.33 bits per heavy atom. The number of carbonyl (C=O) groups is 1. The summed E-state index contributed by atoms with van der Waals surface area (Å²) >= 11 is 1.56. The van der Waals surface area contributed by atoms with Crippen molar-refractivity contribution in [3.8, 4) is 11.8 Å². The lowest BCUT2D eigenvalue weighted by molar-refractivity contribution is 0.0786. The third-order valence-corrected chi connectivity index (χ3v) is 3.62. The summed E-state index contributed by atoms with van der Waals surface area (Å²) in [4.78, 5) is 14.9. The van der Waals surface area contributed by atoms with Gasteiger partial charge >= 0.3 is 0 Å². The molecule has 6 heteroatoms. The van der Waals surface area contributed by atoms with Gasteiger partial charge in [-0.25, -0.2) is 0 Å². The molecule has 2 aromatic rings. The van der Waals surface area contributed by atoms with Crippen LogP contribution >= 0.6 is 11.3 Å². The van der Waals surface area contributed by atoms with Gasteiger partial charge in [0.15, 0.2) is 0 Å². The highest BCUT2D eigenvalue weighted by atomic mass is 32.1. The topological polar surface area (TPSA) is 66.3 Å². The van der Waals surface area contributed by atoms with Crippen LogP contribution in [0.3, 0.4) is 0 Å². The van der Waals surface area contributed by atoms with E-state index in [1.165, 1.54) is 12.4 Å². The molecule has 1 N–H and O–H groups in total. The van der Waals surface area contributed by atoms with Crippen LogP contribution in [0.15, 0.2) is 29.9 Å². The molecule has 0 aliphatic heterocycles. The van der Waals surface area contributed by atoms with Gasteiger partial charge in [-0.2, -0.15) is 10.2 Å². The number of nitrogens with zero attached hydrogens (tertiary/aromatic N) is 3. The van der Waals surface area contributed by atoms with Gasteiger partial charge in [0.1, 0.15) is 0 Å². The zero-order valence-electron chi connectivity index (χ0n) is 11.6. The number of thiophene rings is 1. The summed E-state index contributed by atoms with van der Waals surface area (Å²) in [7, 11) is 1.75. The number of rotatable bonds is 4. The van der Waals surface area contributed by atoms with Crippen molar-refractivity contribution >= 4 is 17.2 Å². The Bertz CT molecular complexity index is 658. The van der Waals surface area contributed by atoms with E-state index >= 15 is 0 Å². The van der Waals surface area contributed by atoms with E-state index in [2.05, 4.69) is 22.0 Å². The zero-order chi connectivity index (χ0) is 15.1. The molecule has 1 amide bonds. The van der Waals surface area contributed by atoms with Crippen LogP contribution in [0.5, 0.6) is 0 Å². The van der Waals surface area contributed by atoms with E-state index in [1.807, 2.05) is 11.4 Å². The zero-order valence-corrected chi connectivity index (χ0v) is 12.4. The maximum absolute atomic E-state index is 12.2. The quantitative estimate of drug-likeness (QED) is 0.870. The van der Waals surface area contributed by atoms with E-state index in [0.29, 0.717) is 18.5 Å². The first-order valence-corrected chi connectivity index (χ1v) is 7.28. The predicted molar refractivity (Wildman–Crippen MR) is 80.7 cm³/mol. The van der Waals surface area contributed by atoms with Crippen LogP contribution in [-0.4, -0.2) is 39.8 Å². The molecule has 2 heterocycles. The minimum atomic E-state index is -0.0915. The third kappa shape index (κ3) is 4.38. The molecular formula is C15H15N3O2S. The normalized spacial score (nSPS) is 9.81. The van der Waals surface area contributed by atoms with Gasteiger partial charge in [0.25, 0.3) is 5.91 Å². The monoisotopic (exact) mass is 301 g/mol. The molecule has 2 rings (SSSR count). The molecule has 2 aromatic heterocycles. The highest BCUT2D eigenvalue weighted by Gasteiger charge is 2.12. The van der Waals surface area contributed by atoms with Crippen molar-refractivity contribution in [2.75, 3.05) is 13.7 Å². The second-order valence-corrected chi connectivity index (χ2v) is 5.37. The van der Waals surface area contributed by atoms with E-state index in [1.54, 1.807) is 29.4 Å². The molecule has 0 atom stereocenters. The summed E-state index contributed by atoms with van der Waals surface area (Å²) in [6.07, 6.45) is 3.43. The number of hydrogen-bond donors (Lipinski definition) is 1. The molecule has 5 nitrogen and oxygen atoms in total. The molecule has 0 saturated heterocycles. The molecule has 0 aliphatic rings. The van der Waals surface area contributed by atoms with Gasteiger partial charge < -0.3 is 10.0 Å². The Morgan fingerprint density at radius 3 is 3.05 bits per heavy atom. The fourth-order valence-electron chi connectivity index (χ4n) is 1.69. The molecule has 0 saturated carbocycles. The van der Waals surface area contributed by atoms with E-state index in [-0.39, 0.29) is 12.5 Å². The van der Waals surface area contributed by atoms with Crippen molar-refractivity contribution in [2.45, 2.75) is 13.0 Å². The maximum Gasteiger partial charge on any atom is 0.255 e. The summed E-state index contributed by atoms with van der Waals surface area (Å²) in [5, 5.41) is 18.0. The first-order valence-electron chi connectivity index (χ1n) is 6.40. The van der Waals surface area contributed by atoms with Gasteiger partial charge in [-0.15, -0.1) is 11.3 Å². The summed E-state index contributed by atoms with van der Waals surface area (Å²) in [6, 6.07) is 3.61. The fourth-order valence-corrected chi connectivity index (χ4v) is 2.56. The molecule has 108 valence electrons. The van der Waals surface area contributed by atoms with Crippen LogP contribution < -0.4 is 0 Å². The Labute approximate surface area is 127 Å². The lowest BCUT2D eigenvalue weighted by atomic mass is 10.2. The molecule has 21 heavy (non-hydrogen) atoms. The molecule has 0 bridgehead atoms.